The van der Waals surface area contributed by atoms with Gasteiger partial charge >= 0.3 is 0 Å². The van der Waals surface area contributed by atoms with Gasteiger partial charge in [-0.25, -0.2) is 0 Å². The Labute approximate surface area is 111 Å². The highest BCUT2D eigenvalue weighted by Crippen LogP contribution is 2.08. The lowest BCUT2D eigenvalue weighted by Crippen LogP contribution is -2.33. The topological polar surface area (TPSA) is 58.4 Å². The molecule has 1 rings (SSSR count). The van der Waals surface area contributed by atoms with Gasteiger partial charge in [-0.3, -0.25) is 4.79 Å². The van der Waals surface area contributed by atoms with Crippen molar-refractivity contribution < 1.29 is 4.79 Å². The fourth-order valence-corrected chi connectivity index (χ4v) is 2.41. The number of carbonyl (C=O) groups is 1. The first-order valence-electron chi connectivity index (χ1n) is 7.52. The van der Waals surface area contributed by atoms with Crippen LogP contribution in [0.2, 0.25) is 0 Å². The Hall–Kier alpha value is -0.610. The van der Waals surface area contributed by atoms with Crippen molar-refractivity contribution in [3.8, 4) is 0 Å². The molecule has 1 saturated heterocycles. The second-order valence-electron chi connectivity index (χ2n) is 5.21. The quantitative estimate of drug-likeness (QED) is 0.614. The van der Waals surface area contributed by atoms with Gasteiger partial charge in [0.2, 0.25) is 5.91 Å². The molecular formula is C14H29N3O. The molecule has 0 unspecified atom stereocenters. The fraction of sp³-hybridized carbons (Fsp3) is 0.929. The number of unbranched alkanes of at least 4 members (excludes halogenated alkanes) is 2. The molecule has 1 fully saturated rings. The average molecular weight is 255 g/mol. The van der Waals surface area contributed by atoms with Crippen LogP contribution in [0.25, 0.3) is 0 Å². The summed E-state index contributed by atoms with van der Waals surface area (Å²) in [6, 6.07) is 0. The molecule has 0 aliphatic carbocycles. The molecule has 4 heteroatoms. The van der Waals surface area contributed by atoms with Gasteiger partial charge in [0.1, 0.15) is 0 Å². The lowest BCUT2D eigenvalue weighted by Gasteiger charge is -2.26. The number of piperidine rings is 1. The molecular weight excluding hydrogens is 226 g/mol. The Morgan fingerprint density at radius 3 is 2.56 bits per heavy atom. The summed E-state index contributed by atoms with van der Waals surface area (Å²) in [4.78, 5) is 14.0. The van der Waals surface area contributed by atoms with Crippen molar-refractivity contribution >= 4 is 5.91 Å². The summed E-state index contributed by atoms with van der Waals surface area (Å²) in [6.45, 7) is 5.18. The molecule has 0 radical (unpaired) electrons. The van der Waals surface area contributed by atoms with Gasteiger partial charge < -0.3 is 16.0 Å². The number of likely N-dealkylation sites (tertiary alicyclic amines) is 1. The molecule has 1 amide bonds. The van der Waals surface area contributed by atoms with Gasteiger partial charge in [0.05, 0.1) is 0 Å². The van der Waals surface area contributed by atoms with Gasteiger partial charge in [0.25, 0.3) is 0 Å². The Morgan fingerprint density at radius 1 is 1.06 bits per heavy atom. The van der Waals surface area contributed by atoms with E-state index in [-0.39, 0.29) is 5.91 Å². The number of nitrogens with one attached hydrogen (secondary N) is 1. The molecule has 0 saturated carbocycles. The fourth-order valence-electron chi connectivity index (χ4n) is 2.41. The van der Waals surface area contributed by atoms with E-state index in [4.69, 9.17) is 5.73 Å². The van der Waals surface area contributed by atoms with Crippen LogP contribution < -0.4 is 11.1 Å². The maximum Gasteiger partial charge on any atom is 0.219 e. The average Bonchev–Trinajstić information content (AvgIpc) is 2.41. The third kappa shape index (κ3) is 7.67. The summed E-state index contributed by atoms with van der Waals surface area (Å²) in [7, 11) is 0. The molecule has 0 aromatic carbocycles. The summed E-state index contributed by atoms with van der Waals surface area (Å²) in [6.07, 6.45) is 8.87. The first-order valence-corrected chi connectivity index (χ1v) is 7.52. The zero-order chi connectivity index (χ0) is 13.1. The van der Waals surface area contributed by atoms with Crippen molar-refractivity contribution in [2.24, 2.45) is 5.73 Å². The van der Waals surface area contributed by atoms with Crippen LogP contribution in [0.15, 0.2) is 0 Å². The predicted octanol–water partition coefficient (Wildman–Crippen LogP) is 1.50. The van der Waals surface area contributed by atoms with E-state index >= 15 is 0 Å². The minimum Gasteiger partial charge on any atom is -0.356 e. The molecule has 1 heterocycles. The third-order valence-corrected chi connectivity index (χ3v) is 3.53. The largest absolute Gasteiger partial charge is 0.356 e. The van der Waals surface area contributed by atoms with Crippen molar-refractivity contribution in [2.75, 3.05) is 32.7 Å². The molecule has 106 valence electrons. The third-order valence-electron chi connectivity index (χ3n) is 3.53. The van der Waals surface area contributed by atoms with Crippen LogP contribution in [-0.4, -0.2) is 43.5 Å². The zero-order valence-electron chi connectivity index (χ0n) is 11.6. The molecule has 0 aromatic rings. The lowest BCUT2D eigenvalue weighted by molar-refractivity contribution is -0.121. The second kappa shape index (κ2) is 10.3. The van der Waals surface area contributed by atoms with Crippen molar-refractivity contribution in [3.63, 3.8) is 0 Å². The number of amides is 1. The van der Waals surface area contributed by atoms with E-state index in [1.165, 1.54) is 32.4 Å². The van der Waals surface area contributed by atoms with Crippen LogP contribution in [0.1, 0.15) is 51.4 Å². The first-order chi connectivity index (χ1) is 8.83. The predicted molar refractivity (Wildman–Crippen MR) is 75.4 cm³/mol. The van der Waals surface area contributed by atoms with Crippen molar-refractivity contribution in [2.45, 2.75) is 51.4 Å². The number of nitrogens with two attached hydrogens (primary N) is 1. The van der Waals surface area contributed by atoms with Gasteiger partial charge in [-0.15, -0.1) is 0 Å². The van der Waals surface area contributed by atoms with Crippen molar-refractivity contribution in [3.05, 3.63) is 0 Å². The number of nitrogens with zero attached hydrogens (tertiary/aromatic N) is 1. The number of carbonyl (C=O) groups excluding carboxylic acids is 1. The highest BCUT2D eigenvalue weighted by molar-refractivity contribution is 5.75. The van der Waals surface area contributed by atoms with E-state index in [9.17, 15) is 4.79 Å². The molecule has 1 aliphatic rings. The minimum atomic E-state index is 0.200. The van der Waals surface area contributed by atoms with E-state index in [0.717, 1.165) is 45.3 Å². The van der Waals surface area contributed by atoms with Crippen LogP contribution >= 0.6 is 0 Å². The minimum absolute atomic E-state index is 0.200. The van der Waals surface area contributed by atoms with Gasteiger partial charge in [-0.2, -0.15) is 0 Å². The summed E-state index contributed by atoms with van der Waals surface area (Å²) in [5, 5.41) is 3.00. The SMILES string of the molecule is NCCCCCC(=O)NCCCN1CCCCC1. The Morgan fingerprint density at radius 2 is 1.83 bits per heavy atom. The van der Waals surface area contributed by atoms with Crippen LogP contribution in [0, 0.1) is 0 Å². The van der Waals surface area contributed by atoms with Crippen LogP contribution in [0.4, 0.5) is 0 Å². The van der Waals surface area contributed by atoms with Crippen LogP contribution in [-0.2, 0) is 4.79 Å². The molecule has 0 bridgehead atoms. The lowest BCUT2D eigenvalue weighted by atomic mass is 10.1. The molecule has 4 nitrogen and oxygen atoms in total. The molecule has 1 aliphatic heterocycles. The summed E-state index contributed by atoms with van der Waals surface area (Å²) < 4.78 is 0. The van der Waals surface area contributed by atoms with E-state index in [1.807, 2.05) is 0 Å². The number of hydrogen-bond donors (Lipinski definition) is 2. The second-order valence-corrected chi connectivity index (χ2v) is 5.21. The van der Waals surface area contributed by atoms with Gasteiger partial charge in [0, 0.05) is 13.0 Å². The molecule has 0 aromatic heterocycles. The van der Waals surface area contributed by atoms with E-state index < -0.39 is 0 Å². The van der Waals surface area contributed by atoms with Gasteiger partial charge in [-0.1, -0.05) is 12.8 Å². The number of rotatable bonds is 9. The standard InChI is InChI=1S/C14H29N3O/c15-9-4-1-3-8-14(18)16-10-7-13-17-11-5-2-6-12-17/h1-13,15H2,(H,16,18). The molecule has 0 atom stereocenters. The highest BCUT2D eigenvalue weighted by atomic mass is 16.1. The normalized spacial score (nSPS) is 16.7. The first kappa shape index (κ1) is 15.4. The van der Waals surface area contributed by atoms with Crippen LogP contribution in [0.3, 0.4) is 0 Å². The van der Waals surface area contributed by atoms with Crippen molar-refractivity contribution in [1.82, 2.24) is 10.2 Å². The molecule has 18 heavy (non-hydrogen) atoms. The molecule has 0 spiro atoms. The molecule has 3 N–H and O–H groups in total. The van der Waals surface area contributed by atoms with Gasteiger partial charge in [0.15, 0.2) is 0 Å². The maximum atomic E-state index is 11.5. The van der Waals surface area contributed by atoms with Crippen molar-refractivity contribution in [1.29, 1.82) is 0 Å². The monoisotopic (exact) mass is 255 g/mol. The Balaban J connectivity index is 1.88. The van der Waals surface area contributed by atoms with E-state index in [0.29, 0.717) is 6.42 Å². The van der Waals surface area contributed by atoms with Crippen LogP contribution in [0.5, 0.6) is 0 Å². The summed E-state index contributed by atoms with van der Waals surface area (Å²) in [5.41, 5.74) is 5.41. The van der Waals surface area contributed by atoms with Gasteiger partial charge in [-0.05, 0) is 58.3 Å². The van der Waals surface area contributed by atoms with E-state index in [2.05, 4.69) is 10.2 Å². The Bertz CT molecular complexity index is 215. The Kier molecular flexibility index (Phi) is 8.86. The van der Waals surface area contributed by atoms with E-state index in [1.54, 1.807) is 0 Å². The summed E-state index contributed by atoms with van der Waals surface area (Å²) >= 11 is 0. The highest BCUT2D eigenvalue weighted by Gasteiger charge is 2.09. The zero-order valence-corrected chi connectivity index (χ0v) is 11.6. The maximum absolute atomic E-state index is 11.5. The summed E-state index contributed by atoms with van der Waals surface area (Å²) in [5.74, 6) is 0.200. The smallest absolute Gasteiger partial charge is 0.219 e. The number of hydrogen-bond acceptors (Lipinski definition) is 3.